The van der Waals surface area contributed by atoms with Gasteiger partial charge in [-0.15, -0.1) is 0 Å². The molecule has 0 N–H and O–H groups in total. The standard InChI is InChI=1S/C19H25N3O5S/c1-25-15-5-4-6-16(11-15)28(23,24)22-10-3-2-7-17(22)19-20-18(27-21-19)13-26-12-14-8-9-14/h4-6,11,14,17H,2-3,7-10,12-13H2,1H3. The molecule has 4 rings (SSSR count). The molecule has 0 bridgehead atoms. The highest BCUT2D eigenvalue weighted by Crippen LogP contribution is 2.35. The zero-order chi connectivity index (χ0) is 19.6. The zero-order valence-corrected chi connectivity index (χ0v) is 16.7. The Kier molecular flexibility index (Phi) is 5.65. The van der Waals surface area contributed by atoms with Gasteiger partial charge in [0.15, 0.2) is 5.82 Å². The van der Waals surface area contributed by atoms with Gasteiger partial charge in [-0.3, -0.25) is 0 Å². The summed E-state index contributed by atoms with van der Waals surface area (Å²) in [5, 5.41) is 4.05. The van der Waals surface area contributed by atoms with E-state index < -0.39 is 16.1 Å². The second-order valence-electron chi connectivity index (χ2n) is 7.31. The van der Waals surface area contributed by atoms with Crippen molar-refractivity contribution in [3.8, 4) is 5.75 Å². The fourth-order valence-corrected chi connectivity index (χ4v) is 5.10. The molecule has 28 heavy (non-hydrogen) atoms. The summed E-state index contributed by atoms with van der Waals surface area (Å²) in [6.07, 6.45) is 4.80. The average Bonchev–Trinajstić information content (AvgIpc) is 3.43. The van der Waals surface area contributed by atoms with E-state index in [-0.39, 0.29) is 11.5 Å². The van der Waals surface area contributed by atoms with Crippen LogP contribution in [0.5, 0.6) is 5.75 Å². The number of piperidine rings is 1. The van der Waals surface area contributed by atoms with Gasteiger partial charge in [0, 0.05) is 12.6 Å². The molecule has 1 atom stereocenters. The predicted molar refractivity (Wildman–Crippen MR) is 100 cm³/mol. The lowest BCUT2D eigenvalue weighted by Crippen LogP contribution is -2.39. The van der Waals surface area contributed by atoms with Gasteiger partial charge in [-0.1, -0.05) is 17.6 Å². The molecule has 152 valence electrons. The Bertz CT molecular complexity index is 910. The van der Waals surface area contributed by atoms with E-state index in [0.717, 1.165) is 12.8 Å². The van der Waals surface area contributed by atoms with E-state index in [1.807, 2.05) is 0 Å². The summed E-state index contributed by atoms with van der Waals surface area (Å²) < 4.78 is 44.1. The Morgan fingerprint density at radius 2 is 2.11 bits per heavy atom. The molecule has 2 aromatic rings. The van der Waals surface area contributed by atoms with Gasteiger partial charge in [-0.25, -0.2) is 8.42 Å². The molecular weight excluding hydrogens is 382 g/mol. The van der Waals surface area contributed by atoms with E-state index >= 15 is 0 Å². The maximum Gasteiger partial charge on any atom is 0.252 e. The molecule has 1 aliphatic carbocycles. The quantitative estimate of drug-likeness (QED) is 0.664. The molecule has 1 aliphatic heterocycles. The molecule has 1 aromatic heterocycles. The summed E-state index contributed by atoms with van der Waals surface area (Å²) in [4.78, 5) is 4.61. The third kappa shape index (κ3) is 4.21. The van der Waals surface area contributed by atoms with Crippen LogP contribution >= 0.6 is 0 Å². The number of hydrogen-bond donors (Lipinski definition) is 0. The van der Waals surface area contributed by atoms with Crippen molar-refractivity contribution in [2.24, 2.45) is 5.92 Å². The second-order valence-corrected chi connectivity index (χ2v) is 9.20. The lowest BCUT2D eigenvalue weighted by molar-refractivity contribution is 0.0894. The number of sulfonamides is 1. The van der Waals surface area contributed by atoms with Gasteiger partial charge in [0.1, 0.15) is 12.4 Å². The van der Waals surface area contributed by atoms with Crippen LogP contribution in [0.1, 0.15) is 49.9 Å². The van der Waals surface area contributed by atoms with E-state index in [2.05, 4.69) is 10.1 Å². The summed E-state index contributed by atoms with van der Waals surface area (Å²) >= 11 is 0. The molecule has 0 amide bonds. The van der Waals surface area contributed by atoms with Crippen molar-refractivity contribution in [3.05, 3.63) is 36.0 Å². The lowest BCUT2D eigenvalue weighted by Gasteiger charge is -2.32. The first-order chi connectivity index (χ1) is 13.6. The average molecular weight is 407 g/mol. The van der Waals surface area contributed by atoms with Crippen LogP contribution in [0.3, 0.4) is 0 Å². The summed E-state index contributed by atoms with van der Waals surface area (Å²) in [7, 11) is -2.19. The number of methoxy groups -OCH3 is 1. The van der Waals surface area contributed by atoms with Crippen LogP contribution in [0.25, 0.3) is 0 Å². The van der Waals surface area contributed by atoms with Crippen LogP contribution in [-0.4, -0.2) is 43.1 Å². The summed E-state index contributed by atoms with van der Waals surface area (Å²) in [6, 6.07) is 6.07. The summed E-state index contributed by atoms with van der Waals surface area (Å²) in [6.45, 7) is 1.39. The molecule has 1 aromatic carbocycles. The van der Waals surface area contributed by atoms with Crippen LogP contribution in [0.4, 0.5) is 0 Å². The smallest absolute Gasteiger partial charge is 0.252 e. The van der Waals surface area contributed by atoms with Crippen molar-refractivity contribution in [2.75, 3.05) is 20.3 Å². The molecule has 1 saturated heterocycles. The Morgan fingerprint density at radius 3 is 2.89 bits per heavy atom. The third-order valence-electron chi connectivity index (χ3n) is 5.16. The maximum atomic E-state index is 13.3. The predicted octanol–water partition coefficient (Wildman–Crippen LogP) is 2.92. The van der Waals surface area contributed by atoms with Crippen LogP contribution in [0, 0.1) is 5.92 Å². The zero-order valence-electron chi connectivity index (χ0n) is 15.9. The molecule has 2 aliphatic rings. The van der Waals surface area contributed by atoms with Crippen molar-refractivity contribution < 1.29 is 22.4 Å². The number of hydrogen-bond acceptors (Lipinski definition) is 7. The number of benzene rings is 1. The van der Waals surface area contributed by atoms with Crippen molar-refractivity contribution >= 4 is 10.0 Å². The van der Waals surface area contributed by atoms with Gasteiger partial charge < -0.3 is 14.0 Å². The van der Waals surface area contributed by atoms with Crippen LogP contribution in [-0.2, 0) is 21.4 Å². The fraction of sp³-hybridized carbons (Fsp3) is 0.579. The van der Waals surface area contributed by atoms with E-state index in [1.165, 1.54) is 30.3 Å². The van der Waals surface area contributed by atoms with Gasteiger partial charge >= 0.3 is 0 Å². The molecule has 2 heterocycles. The molecular formula is C19H25N3O5S. The second kappa shape index (κ2) is 8.18. The summed E-state index contributed by atoms with van der Waals surface area (Å²) in [5.74, 6) is 1.95. The maximum absolute atomic E-state index is 13.3. The van der Waals surface area contributed by atoms with Gasteiger partial charge in [0.25, 0.3) is 5.89 Å². The highest BCUT2D eigenvalue weighted by atomic mass is 32.2. The first kappa shape index (κ1) is 19.4. The highest BCUT2D eigenvalue weighted by Gasteiger charge is 2.37. The number of rotatable bonds is 8. The van der Waals surface area contributed by atoms with Crippen LogP contribution < -0.4 is 4.74 Å². The molecule has 8 nitrogen and oxygen atoms in total. The van der Waals surface area contributed by atoms with E-state index in [9.17, 15) is 8.42 Å². The minimum Gasteiger partial charge on any atom is -0.497 e. The first-order valence-corrected chi connectivity index (χ1v) is 11.1. The number of nitrogens with zero attached hydrogens (tertiary/aromatic N) is 3. The van der Waals surface area contributed by atoms with Crippen LogP contribution in [0.2, 0.25) is 0 Å². The Hall–Kier alpha value is -1.97. The number of aromatic nitrogens is 2. The van der Waals surface area contributed by atoms with Crippen molar-refractivity contribution in [3.63, 3.8) is 0 Å². The Labute approximate surface area is 164 Å². The fourth-order valence-electron chi connectivity index (χ4n) is 3.41. The third-order valence-corrected chi connectivity index (χ3v) is 7.06. The minimum atomic E-state index is -3.70. The van der Waals surface area contributed by atoms with Gasteiger partial charge in [-0.2, -0.15) is 9.29 Å². The molecule has 0 spiro atoms. The number of ether oxygens (including phenoxy) is 2. The van der Waals surface area contributed by atoms with Gasteiger partial charge in [0.2, 0.25) is 10.0 Å². The Morgan fingerprint density at radius 1 is 1.25 bits per heavy atom. The lowest BCUT2D eigenvalue weighted by atomic mass is 10.0. The molecule has 1 saturated carbocycles. The largest absolute Gasteiger partial charge is 0.497 e. The highest BCUT2D eigenvalue weighted by molar-refractivity contribution is 7.89. The van der Waals surface area contributed by atoms with Crippen molar-refractivity contribution in [1.82, 2.24) is 14.4 Å². The van der Waals surface area contributed by atoms with Crippen molar-refractivity contribution in [2.45, 2.75) is 49.6 Å². The van der Waals surface area contributed by atoms with E-state index in [0.29, 0.717) is 43.0 Å². The van der Waals surface area contributed by atoms with Gasteiger partial charge in [0.05, 0.1) is 24.7 Å². The van der Waals surface area contributed by atoms with Crippen LogP contribution in [0.15, 0.2) is 33.7 Å². The van der Waals surface area contributed by atoms with E-state index in [1.54, 1.807) is 18.2 Å². The molecule has 9 heteroatoms. The SMILES string of the molecule is COc1cccc(S(=O)(=O)N2CCCCC2c2noc(COCC3CC3)n2)c1. The normalized spacial score (nSPS) is 21.0. The van der Waals surface area contributed by atoms with E-state index in [4.69, 9.17) is 14.0 Å². The van der Waals surface area contributed by atoms with Gasteiger partial charge in [-0.05, 0) is 43.7 Å². The minimum absolute atomic E-state index is 0.204. The Balaban J connectivity index is 1.53. The molecule has 1 unspecified atom stereocenters. The monoisotopic (exact) mass is 407 g/mol. The topological polar surface area (TPSA) is 94.8 Å². The summed E-state index contributed by atoms with van der Waals surface area (Å²) in [5.41, 5.74) is 0. The molecule has 2 fully saturated rings. The first-order valence-electron chi connectivity index (χ1n) is 9.64. The van der Waals surface area contributed by atoms with Crippen molar-refractivity contribution in [1.29, 1.82) is 0 Å². The molecule has 0 radical (unpaired) electrons.